The van der Waals surface area contributed by atoms with E-state index in [2.05, 4.69) is 4.90 Å². The van der Waals surface area contributed by atoms with Gasteiger partial charge in [0.25, 0.3) is 17.0 Å². The maximum Gasteiger partial charge on any atom is 0.306 e. The topological polar surface area (TPSA) is 156 Å². The lowest BCUT2D eigenvalue weighted by molar-refractivity contribution is -0.146. The first-order valence-corrected chi connectivity index (χ1v) is 23.7. The number of esters is 1. The minimum Gasteiger partial charge on any atom is -0.466 e. The first-order valence-electron chi connectivity index (χ1n) is 23.7. The predicted molar refractivity (Wildman–Crippen MR) is 268 cm³/mol. The van der Waals surface area contributed by atoms with E-state index in [4.69, 9.17) is 19.1 Å². The molecule has 69 heavy (non-hydrogen) atoms. The average molecular weight is 935 g/mol. The second kappa shape index (κ2) is 23.1. The zero-order valence-corrected chi connectivity index (χ0v) is 40.4. The van der Waals surface area contributed by atoms with Crippen molar-refractivity contribution in [3.63, 3.8) is 0 Å². The molecule has 0 aliphatic rings. The molecule has 2 amide bonds. The number of likely N-dealkylation sites (N-methyl/N-ethyl adjacent to an activating group) is 2. The molecule has 7 rings (SSSR count). The van der Waals surface area contributed by atoms with Gasteiger partial charge in [0.05, 0.1) is 66.3 Å². The van der Waals surface area contributed by atoms with Gasteiger partial charge in [-0.25, -0.2) is 9.97 Å². The van der Waals surface area contributed by atoms with Crippen molar-refractivity contribution in [1.82, 2.24) is 33.8 Å². The summed E-state index contributed by atoms with van der Waals surface area (Å²) in [6.45, 7) is 8.02. The van der Waals surface area contributed by atoms with Crippen LogP contribution in [0.2, 0.25) is 0 Å². The van der Waals surface area contributed by atoms with Crippen molar-refractivity contribution in [2.24, 2.45) is 0 Å². The van der Waals surface area contributed by atoms with Crippen LogP contribution in [-0.4, -0.2) is 106 Å². The highest BCUT2D eigenvalue weighted by molar-refractivity contribution is 5.92. The molecule has 0 N–H and O–H groups in total. The van der Waals surface area contributed by atoms with Gasteiger partial charge in [0.15, 0.2) is 5.76 Å². The Morgan fingerprint density at radius 1 is 0.609 bits per heavy atom. The van der Waals surface area contributed by atoms with Gasteiger partial charge >= 0.3 is 5.97 Å². The number of furan rings is 1. The molecular formula is C54H62N8O7. The number of nitrogens with zero attached hydrogens (tertiary/aromatic N) is 8. The van der Waals surface area contributed by atoms with Crippen LogP contribution in [-0.2, 0) is 27.4 Å². The van der Waals surface area contributed by atoms with Crippen molar-refractivity contribution in [2.75, 3.05) is 58.8 Å². The van der Waals surface area contributed by atoms with Crippen LogP contribution in [0.15, 0.2) is 136 Å². The van der Waals surface area contributed by atoms with Crippen molar-refractivity contribution >= 4 is 45.3 Å². The molecule has 3 heterocycles. The molecule has 0 aliphatic heterocycles. The first-order chi connectivity index (χ1) is 33.4. The lowest BCUT2D eigenvalue weighted by Gasteiger charge is -2.33. The van der Waals surface area contributed by atoms with Crippen LogP contribution in [0.4, 0.5) is 5.69 Å². The molecule has 360 valence electrons. The molecule has 0 aliphatic carbocycles. The number of carbonyl (C=O) groups is 3. The Kier molecular flexibility index (Phi) is 16.6. The predicted octanol–water partition coefficient (Wildman–Crippen LogP) is 7.71. The lowest BCUT2D eigenvalue weighted by atomic mass is 10.1. The van der Waals surface area contributed by atoms with E-state index < -0.39 is 18.1 Å². The summed E-state index contributed by atoms with van der Waals surface area (Å²) in [5.74, 6) is 0.164. The summed E-state index contributed by atoms with van der Waals surface area (Å²) in [6.07, 6.45) is 2.36. The molecular weight excluding hydrogens is 873 g/mol. The molecule has 7 aromatic rings. The number of amides is 2. The third kappa shape index (κ3) is 11.7. The number of anilines is 1. The second-order valence-corrected chi connectivity index (χ2v) is 17.3. The minimum absolute atomic E-state index is 0.0287. The van der Waals surface area contributed by atoms with Gasteiger partial charge in [0.1, 0.15) is 11.6 Å². The molecule has 0 bridgehead atoms. The average Bonchev–Trinajstić information content (AvgIpc) is 3.91. The van der Waals surface area contributed by atoms with E-state index >= 15 is 0 Å². The van der Waals surface area contributed by atoms with E-state index in [1.165, 1.54) is 6.26 Å². The number of rotatable bonds is 22. The number of ether oxygens (including phenoxy) is 1. The number of hydrogen-bond donors (Lipinski definition) is 0. The number of fused-ring (bicyclic) bond motifs is 2. The van der Waals surface area contributed by atoms with Gasteiger partial charge in [-0.15, -0.1) is 0 Å². The smallest absolute Gasteiger partial charge is 0.306 e. The maximum absolute atomic E-state index is 14.4. The quantitative estimate of drug-likeness (QED) is 0.0614. The van der Waals surface area contributed by atoms with Crippen LogP contribution >= 0.6 is 0 Å². The molecule has 15 nitrogen and oxygen atoms in total. The summed E-state index contributed by atoms with van der Waals surface area (Å²) in [4.78, 5) is 87.0. The molecule has 3 aromatic heterocycles. The van der Waals surface area contributed by atoms with E-state index in [1.807, 2.05) is 131 Å². The fraction of sp³-hybridized carbons (Fsp3) is 0.352. The van der Waals surface area contributed by atoms with E-state index in [9.17, 15) is 24.0 Å². The fourth-order valence-electron chi connectivity index (χ4n) is 8.75. The van der Waals surface area contributed by atoms with Crippen molar-refractivity contribution in [3.05, 3.63) is 171 Å². The summed E-state index contributed by atoms with van der Waals surface area (Å²) in [5, 5.41) is 0.970. The van der Waals surface area contributed by atoms with Crippen molar-refractivity contribution in [1.29, 1.82) is 0 Å². The normalized spacial score (nSPS) is 12.3. The third-order valence-corrected chi connectivity index (χ3v) is 12.4. The van der Waals surface area contributed by atoms with Gasteiger partial charge in [0, 0.05) is 45.3 Å². The Labute approximate surface area is 402 Å². The summed E-state index contributed by atoms with van der Waals surface area (Å²) >= 11 is 0. The van der Waals surface area contributed by atoms with E-state index in [-0.39, 0.29) is 67.8 Å². The second-order valence-electron chi connectivity index (χ2n) is 17.3. The molecule has 2 atom stereocenters. The molecule has 0 radical (unpaired) electrons. The van der Waals surface area contributed by atoms with Crippen molar-refractivity contribution < 1.29 is 23.5 Å². The SMILES string of the molecule is CCOC(=O)CCC(=O)N(CCN(C)C)C(CC)c1nc2ccccc2c(=O)n1Cc1ccc(N(C)CCN(C(=O)c2ccco2)C(CC)c2nc3ccccc3c(=O)n2Cc2ccccc2)cc1. The van der Waals surface area contributed by atoms with Gasteiger partial charge in [-0.3, -0.25) is 33.1 Å². The van der Waals surface area contributed by atoms with Gasteiger partial charge in [-0.1, -0.05) is 80.6 Å². The highest BCUT2D eigenvalue weighted by Crippen LogP contribution is 2.29. The molecule has 15 heteroatoms. The monoisotopic (exact) mass is 934 g/mol. The minimum atomic E-state index is -0.582. The highest BCUT2D eigenvalue weighted by atomic mass is 16.5. The molecule has 2 unspecified atom stereocenters. The van der Waals surface area contributed by atoms with E-state index in [0.717, 1.165) is 16.8 Å². The summed E-state index contributed by atoms with van der Waals surface area (Å²) in [6, 6.07) is 34.3. The zero-order valence-electron chi connectivity index (χ0n) is 40.4. The number of para-hydroxylation sites is 2. The van der Waals surface area contributed by atoms with Crippen molar-refractivity contribution in [2.45, 2.75) is 71.6 Å². The highest BCUT2D eigenvalue weighted by Gasteiger charge is 2.32. The van der Waals surface area contributed by atoms with E-state index in [1.54, 1.807) is 50.1 Å². The summed E-state index contributed by atoms with van der Waals surface area (Å²) in [5.41, 5.74) is 3.35. The number of carbonyl (C=O) groups excluding carboxylic acids is 3. The van der Waals surface area contributed by atoms with Gasteiger partial charge in [0.2, 0.25) is 5.91 Å². The molecule has 0 saturated carbocycles. The lowest BCUT2D eigenvalue weighted by Crippen LogP contribution is -2.42. The standard InChI is InChI=1S/C54H62N8O7/c1-7-45(59(33-31-57(4)5)48(63)29-30-49(64)68-9-3)50-55-43-22-15-13-20-41(43)53(66)62(50)37-39-25-27-40(28-26-39)58(6)32-34-60(54(67)47-24-17-35-69-47)46(8-2)51-56-44-23-16-14-21-42(44)52(65)61(51)36-38-18-11-10-12-19-38/h10-28,35,45-46H,7-9,29-34,36-37H2,1-6H3. The molecule has 0 spiro atoms. The Bertz CT molecular complexity index is 2970. The van der Waals surface area contributed by atoms with E-state index in [0.29, 0.717) is 65.9 Å². The fourth-order valence-corrected chi connectivity index (χ4v) is 8.75. The van der Waals surface area contributed by atoms with Crippen LogP contribution < -0.4 is 16.0 Å². The molecule has 0 saturated heterocycles. The summed E-state index contributed by atoms with van der Waals surface area (Å²) < 4.78 is 14.1. The van der Waals surface area contributed by atoms with Gasteiger partial charge in [-0.05, 0) is 93.5 Å². The Morgan fingerprint density at radius 3 is 1.68 bits per heavy atom. The van der Waals surface area contributed by atoms with Crippen LogP contribution in [0.25, 0.3) is 21.8 Å². The Hall–Kier alpha value is -7.39. The van der Waals surface area contributed by atoms with Crippen molar-refractivity contribution in [3.8, 4) is 0 Å². The zero-order chi connectivity index (χ0) is 49.0. The van der Waals surface area contributed by atoms with Crippen LogP contribution in [0.3, 0.4) is 0 Å². The van der Waals surface area contributed by atoms with Crippen LogP contribution in [0.5, 0.6) is 0 Å². The molecule has 4 aromatic carbocycles. The molecule has 0 fully saturated rings. The Balaban J connectivity index is 1.17. The summed E-state index contributed by atoms with van der Waals surface area (Å²) in [7, 11) is 5.82. The van der Waals surface area contributed by atoms with Gasteiger partial charge in [-0.2, -0.15) is 0 Å². The third-order valence-electron chi connectivity index (χ3n) is 12.4. The number of benzene rings is 4. The number of hydrogen-bond acceptors (Lipinski definition) is 11. The van der Waals surface area contributed by atoms with Crippen LogP contribution in [0, 0.1) is 0 Å². The first kappa shape index (κ1) is 49.5. The largest absolute Gasteiger partial charge is 0.466 e. The number of aromatic nitrogens is 4. The van der Waals surface area contributed by atoms with Crippen LogP contribution in [0.1, 0.15) is 91.9 Å². The van der Waals surface area contributed by atoms with Gasteiger partial charge < -0.3 is 28.8 Å². The Morgan fingerprint density at radius 2 is 1.14 bits per heavy atom. The maximum atomic E-state index is 14.4.